The van der Waals surface area contributed by atoms with E-state index in [1.54, 1.807) is 18.5 Å². The number of carbonyl (C=O) groups excluding carboxylic acids is 1. The van der Waals surface area contributed by atoms with Gasteiger partial charge < -0.3 is 9.84 Å². The Morgan fingerprint density at radius 1 is 1.39 bits per heavy atom. The van der Waals surface area contributed by atoms with Crippen LogP contribution in [0.1, 0.15) is 29.6 Å². The highest BCUT2D eigenvalue weighted by Crippen LogP contribution is 2.26. The van der Waals surface area contributed by atoms with E-state index in [0.717, 1.165) is 12.8 Å². The quantitative estimate of drug-likeness (QED) is 0.888. The molecule has 1 heterocycles. The number of phenolic OH excluding ortho intramolecular Hbond substituents is 1. The summed E-state index contributed by atoms with van der Waals surface area (Å²) in [5.74, 6) is 0.338. The smallest absolute Gasteiger partial charge is 0.262 e. The highest BCUT2D eigenvalue weighted by Gasteiger charge is 2.18. The first-order valence-corrected chi connectivity index (χ1v) is 7.71. The van der Waals surface area contributed by atoms with Crippen molar-refractivity contribution in [2.75, 3.05) is 0 Å². The third-order valence-corrected chi connectivity index (χ3v) is 3.97. The van der Waals surface area contributed by atoms with Crippen LogP contribution in [0.3, 0.4) is 0 Å². The van der Waals surface area contributed by atoms with Crippen LogP contribution in [0.25, 0.3) is 0 Å². The molecule has 23 heavy (non-hydrogen) atoms. The molecule has 0 bridgehead atoms. The number of benzene rings is 1. The van der Waals surface area contributed by atoms with Crippen molar-refractivity contribution in [1.29, 1.82) is 0 Å². The molecule has 0 radical (unpaired) electrons. The Bertz CT molecular complexity index is 747. The molecule has 1 aromatic carbocycles. The van der Waals surface area contributed by atoms with Crippen LogP contribution in [0.4, 0.5) is 0 Å². The van der Waals surface area contributed by atoms with Crippen molar-refractivity contribution >= 4 is 17.5 Å². The van der Waals surface area contributed by atoms with Gasteiger partial charge in [0.05, 0.1) is 11.2 Å². The molecule has 0 spiro atoms. The highest BCUT2D eigenvalue weighted by molar-refractivity contribution is 6.32. The van der Waals surface area contributed by atoms with Gasteiger partial charge in [-0.25, -0.2) is 0 Å². The monoisotopic (exact) mass is 329 g/mol. The Morgan fingerprint density at radius 3 is 3.00 bits per heavy atom. The fourth-order valence-corrected chi connectivity index (χ4v) is 2.56. The van der Waals surface area contributed by atoms with E-state index in [1.165, 1.54) is 28.9 Å². The molecule has 5 heteroatoms. The first-order chi connectivity index (χ1) is 11.1. The van der Waals surface area contributed by atoms with E-state index in [4.69, 9.17) is 16.3 Å². The Morgan fingerprint density at radius 2 is 2.26 bits per heavy atom. The number of ether oxygens (including phenoxy) is 1. The maximum atomic E-state index is 12.5. The predicted octanol–water partition coefficient (Wildman–Crippen LogP) is 4.50. The van der Waals surface area contributed by atoms with Crippen molar-refractivity contribution in [3.8, 4) is 5.75 Å². The zero-order chi connectivity index (χ0) is 16.2. The van der Waals surface area contributed by atoms with Gasteiger partial charge in [0.1, 0.15) is 17.8 Å². The maximum absolute atomic E-state index is 12.5. The summed E-state index contributed by atoms with van der Waals surface area (Å²) in [6.07, 6.45) is 13.7. The number of carbonyl (C=O) groups is 1. The summed E-state index contributed by atoms with van der Waals surface area (Å²) in [7, 11) is 0. The number of hydrogen-bond acceptors (Lipinski definition) is 3. The second-order valence-electron chi connectivity index (χ2n) is 5.35. The summed E-state index contributed by atoms with van der Waals surface area (Å²) in [6.45, 7) is 0. The molecule has 0 fully saturated rings. The summed E-state index contributed by atoms with van der Waals surface area (Å²) >= 11 is 5.77. The van der Waals surface area contributed by atoms with Gasteiger partial charge >= 0.3 is 0 Å². The zero-order valence-corrected chi connectivity index (χ0v) is 13.2. The van der Waals surface area contributed by atoms with Crippen LogP contribution < -0.4 is 0 Å². The topological polar surface area (TPSA) is 49.8 Å². The second kappa shape index (κ2) is 6.75. The number of aromatic hydroxyl groups is 1. The molecule has 1 amide bonds. The van der Waals surface area contributed by atoms with Crippen LogP contribution in [-0.2, 0) is 4.74 Å². The number of phenols is 1. The molecule has 0 saturated carbocycles. The van der Waals surface area contributed by atoms with Crippen molar-refractivity contribution in [2.24, 2.45) is 0 Å². The van der Waals surface area contributed by atoms with Crippen molar-refractivity contribution in [3.05, 3.63) is 77.0 Å². The van der Waals surface area contributed by atoms with Gasteiger partial charge in [0, 0.05) is 18.2 Å². The Balaban J connectivity index is 1.76. The Kier molecular flexibility index (Phi) is 4.53. The Labute approximate surface area is 139 Å². The van der Waals surface area contributed by atoms with Crippen LogP contribution in [0, 0.1) is 0 Å². The summed E-state index contributed by atoms with van der Waals surface area (Å²) in [6, 6.07) is 4.43. The van der Waals surface area contributed by atoms with Gasteiger partial charge in [-0.05, 0) is 31.0 Å². The lowest BCUT2D eigenvalue weighted by atomic mass is 10.0. The average molecular weight is 330 g/mol. The lowest BCUT2D eigenvalue weighted by Gasteiger charge is -2.21. The molecule has 1 aromatic rings. The average Bonchev–Trinajstić information content (AvgIpc) is 2.58. The molecule has 2 aliphatic rings. The van der Waals surface area contributed by atoms with Crippen molar-refractivity contribution in [3.63, 3.8) is 0 Å². The Hall–Kier alpha value is -2.46. The standard InChI is InChI=1S/C18H16ClNO3/c19-16-7-6-14(11-17(16)21)18(22)20-8-9-23-15(12-20)10-13-4-2-1-3-5-13/h1-2,4,6-9,11-12,21H,3,5,10H2. The number of amides is 1. The van der Waals surface area contributed by atoms with E-state index in [2.05, 4.69) is 12.2 Å². The molecule has 0 atom stereocenters. The highest BCUT2D eigenvalue weighted by atomic mass is 35.5. The summed E-state index contributed by atoms with van der Waals surface area (Å²) in [5, 5.41) is 9.86. The largest absolute Gasteiger partial charge is 0.506 e. The fraction of sp³-hybridized carbons (Fsp3) is 0.167. The van der Waals surface area contributed by atoms with Crippen LogP contribution in [-0.4, -0.2) is 15.9 Å². The molecule has 3 rings (SSSR count). The molecule has 0 unspecified atom stereocenters. The lowest BCUT2D eigenvalue weighted by Crippen LogP contribution is -2.23. The van der Waals surface area contributed by atoms with E-state index in [0.29, 0.717) is 17.7 Å². The number of nitrogens with zero attached hydrogens (tertiary/aromatic N) is 1. The third kappa shape index (κ3) is 3.66. The molecular weight excluding hydrogens is 314 g/mol. The zero-order valence-electron chi connectivity index (χ0n) is 12.4. The minimum atomic E-state index is -0.258. The third-order valence-electron chi connectivity index (χ3n) is 3.65. The molecule has 1 aliphatic carbocycles. The maximum Gasteiger partial charge on any atom is 0.262 e. The first-order valence-electron chi connectivity index (χ1n) is 7.33. The van der Waals surface area contributed by atoms with Crippen molar-refractivity contribution < 1.29 is 14.6 Å². The second-order valence-corrected chi connectivity index (χ2v) is 5.75. The normalized spacial score (nSPS) is 16.7. The van der Waals surface area contributed by atoms with Gasteiger partial charge in [-0.2, -0.15) is 0 Å². The SMILES string of the molecule is O=C(c1ccc(Cl)c(O)c1)N1C=COC(CC2=CC=CCC2)=C1. The van der Waals surface area contributed by atoms with Crippen molar-refractivity contribution in [2.45, 2.75) is 19.3 Å². The molecule has 0 saturated heterocycles. The van der Waals surface area contributed by atoms with Gasteiger partial charge in [0.25, 0.3) is 5.91 Å². The van der Waals surface area contributed by atoms with E-state index < -0.39 is 0 Å². The number of hydrogen-bond donors (Lipinski definition) is 1. The lowest BCUT2D eigenvalue weighted by molar-refractivity contribution is 0.0853. The number of rotatable bonds is 3. The molecule has 4 nitrogen and oxygen atoms in total. The number of halogens is 1. The minimum Gasteiger partial charge on any atom is -0.506 e. The summed E-state index contributed by atoms with van der Waals surface area (Å²) < 4.78 is 5.49. The van der Waals surface area contributed by atoms with Crippen molar-refractivity contribution in [1.82, 2.24) is 4.90 Å². The van der Waals surface area contributed by atoms with E-state index >= 15 is 0 Å². The summed E-state index contributed by atoms with van der Waals surface area (Å²) in [4.78, 5) is 13.9. The molecule has 1 aliphatic heterocycles. The predicted molar refractivity (Wildman–Crippen MR) is 88.7 cm³/mol. The molecule has 118 valence electrons. The summed E-state index contributed by atoms with van der Waals surface area (Å²) in [5.41, 5.74) is 1.62. The fourth-order valence-electron chi connectivity index (χ4n) is 2.44. The first kappa shape index (κ1) is 15.4. The van der Waals surface area contributed by atoms with Gasteiger partial charge in [-0.15, -0.1) is 0 Å². The molecule has 1 N–H and O–H groups in total. The van der Waals surface area contributed by atoms with Crippen LogP contribution >= 0.6 is 11.6 Å². The van der Waals surface area contributed by atoms with Crippen LogP contribution in [0.2, 0.25) is 5.02 Å². The van der Waals surface area contributed by atoms with E-state index in [9.17, 15) is 9.90 Å². The van der Waals surface area contributed by atoms with Gasteiger partial charge in [-0.3, -0.25) is 9.69 Å². The molecular formula is C18H16ClNO3. The van der Waals surface area contributed by atoms with Gasteiger partial charge in [0.2, 0.25) is 0 Å². The minimum absolute atomic E-state index is 0.113. The van der Waals surface area contributed by atoms with Gasteiger partial charge in [0.15, 0.2) is 0 Å². The van der Waals surface area contributed by atoms with Crippen LogP contribution in [0.5, 0.6) is 5.75 Å². The van der Waals surface area contributed by atoms with Crippen LogP contribution in [0.15, 0.2) is 66.4 Å². The van der Waals surface area contributed by atoms with Gasteiger partial charge in [-0.1, -0.05) is 35.4 Å². The molecule has 0 aromatic heterocycles. The van der Waals surface area contributed by atoms with E-state index in [-0.39, 0.29) is 16.7 Å². The number of allylic oxidation sites excluding steroid dienone is 4. The van der Waals surface area contributed by atoms with E-state index in [1.807, 2.05) is 6.08 Å².